The number of piperazine rings is 2. The summed E-state index contributed by atoms with van der Waals surface area (Å²) >= 11 is 0. The van der Waals surface area contributed by atoms with Gasteiger partial charge in [-0.3, -0.25) is 4.79 Å². The van der Waals surface area contributed by atoms with E-state index in [0.29, 0.717) is 42.9 Å². The van der Waals surface area contributed by atoms with Crippen LogP contribution in [-0.2, 0) is 0 Å². The van der Waals surface area contributed by atoms with Crippen molar-refractivity contribution in [2.45, 2.75) is 6.92 Å². The predicted octanol–water partition coefficient (Wildman–Crippen LogP) is 1.61. The number of fused-ring (bicyclic) bond motifs is 1. The highest BCUT2D eigenvalue weighted by Gasteiger charge is 2.27. The van der Waals surface area contributed by atoms with E-state index in [4.69, 9.17) is 9.15 Å². The first-order chi connectivity index (χ1) is 16.9. The zero-order valence-electron chi connectivity index (χ0n) is 20.4. The molecule has 0 spiro atoms. The van der Waals surface area contributed by atoms with Crippen LogP contribution in [0.25, 0.3) is 11.0 Å². The van der Waals surface area contributed by atoms with E-state index in [2.05, 4.69) is 31.7 Å². The molecule has 184 valence electrons. The molecule has 2 aliphatic heterocycles. The van der Waals surface area contributed by atoms with E-state index in [1.54, 1.807) is 29.2 Å². The molecule has 0 aliphatic carbocycles. The molecule has 2 fully saturated rings. The number of rotatable bonds is 4. The first-order valence-corrected chi connectivity index (χ1v) is 11.9. The van der Waals surface area contributed by atoms with E-state index < -0.39 is 5.63 Å². The lowest BCUT2D eigenvalue weighted by Gasteiger charge is -2.36. The fourth-order valence-corrected chi connectivity index (χ4v) is 4.63. The van der Waals surface area contributed by atoms with Crippen molar-refractivity contribution in [3.8, 4) is 5.75 Å². The summed E-state index contributed by atoms with van der Waals surface area (Å²) in [6.45, 7) is 8.03. The van der Waals surface area contributed by atoms with Crippen molar-refractivity contribution < 1.29 is 13.9 Å². The van der Waals surface area contributed by atoms with Gasteiger partial charge in [0, 0.05) is 63.8 Å². The van der Waals surface area contributed by atoms with Gasteiger partial charge in [-0.1, -0.05) is 12.1 Å². The number of aromatic nitrogens is 2. The molecule has 2 aromatic heterocycles. The van der Waals surface area contributed by atoms with E-state index >= 15 is 0 Å². The van der Waals surface area contributed by atoms with Gasteiger partial charge in [-0.2, -0.15) is 0 Å². The maximum absolute atomic E-state index is 13.2. The number of nitrogens with zero attached hydrogens (tertiary/aromatic N) is 6. The van der Waals surface area contributed by atoms with Crippen LogP contribution in [0.15, 0.2) is 39.5 Å². The van der Waals surface area contributed by atoms with Crippen molar-refractivity contribution >= 4 is 28.5 Å². The maximum Gasteiger partial charge on any atom is 0.349 e. The third-order valence-electron chi connectivity index (χ3n) is 6.70. The molecule has 10 nitrogen and oxygen atoms in total. The average molecular weight is 479 g/mol. The Hall–Kier alpha value is -3.66. The van der Waals surface area contributed by atoms with Gasteiger partial charge in [0.15, 0.2) is 11.3 Å². The summed E-state index contributed by atoms with van der Waals surface area (Å²) in [6, 6.07) is 8.95. The van der Waals surface area contributed by atoms with Crippen LogP contribution in [0.4, 0.5) is 11.6 Å². The van der Waals surface area contributed by atoms with Crippen LogP contribution in [0.1, 0.15) is 16.2 Å². The second kappa shape index (κ2) is 9.53. The number of ether oxygens (including phenoxy) is 1. The lowest BCUT2D eigenvalue weighted by molar-refractivity contribution is 0.0742. The topological polar surface area (TPSA) is 95.3 Å². The number of carbonyl (C=O) groups is 1. The number of hydrogen-bond acceptors (Lipinski definition) is 9. The Morgan fingerprint density at radius 2 is 1.57 bits per heavy atom. The normalized spacial score (nSPS) is 17.2. The van der Waals surface area contributed by atoms with Crippen molar-refractivity contribution in [2.24, 2.45) is 0 Å². The number of likely N-dealkylation sites (N-methyl/N-ethyl adjacent to an activating group) is 1. The zero-order chi connectivity index (χ0) is 24.5. The Morgan fingerprint density at radius 3 is 2.20 bits per heavy atom. The molecule has 4 heterocycles. The molecule has 2 saturated heterocycles. The summed E-state index contributed by atoms with van der Waals surface area (Å²) in [5.74, 6) is 2.70. The number of aryl methyl sites for hydroxylation is 1. The maximum atomic E-state index is 13.2. The number of methoxy groups -OCH3 is 1. The van der Waals surface area contributed by atoms with Crippen LogP contribution in [-0.4, -0.2) is 92.2 Å². The number of para-hydroxylation sites is 1. The summed E-state index contributed by atoms with van der Waals surface area (Å²) in [7, 11) is 3.65. The smallest absolute Gasteiger partial charge is 0.349 e. The largest absolute Gasteiger partial charge is 0.493 e. The van der Waals surface area contributed by atoms with Crippen LogP contribution in [0.2, 0.25) is 0 Å². The minimum atomic E-state index is -0.655. The summed E-state index contributed by atoms with van der Waals surface area (Å²) in [6.07, 6.45) is 0. The third kappa shape index (κ3) is 4.66. The monoisotopic (exact) mass is 478 g/mol. The van der Waals surface area contributed by atoms with Crippen LogP contribution >= 0.6 is 0 Å². The lowest BCUT2D eigenvalue weighted by atomic mass is 10.1. The molecule has 0 bridgehead atoms. The van der Waals surface area contributed by atoms with Gasteiger partial charge in [-0.25, -0.2) is 14.8 Å². The predicted molar refractivity (Wildman–Crippen MR) is 134 cm³/mol. The quantitative estimate of drug-likeness (QED) is 0.518. The molecule has 0 radical (unpaired) electrons. The number of hydrogen-bond donors (Lipinski definition) is 0. The van der Waals surface area contributed by atoms with E-state index in [-0.39, 0.29) is 11.5 Å². The Morgan fingerprint density at radius 1 is 0.943 bits per heavy atom. The summed E-state index contributed by atoms with van der Waals surface area (Å²) < 4.78 is 10.7. The summed E-state index contributed by atoms with van der Waals surface area (Å²) in [5, 5.41) is 0.652. The van der Waals surface area contributed by atoms with Gasteiger partial charge in [0.25, 0.3) is 5.91 Å². The van der Waals surface area contributed by atoms with Crippen molar-refractivity contribution in [1.29, 1.82) is 0 Å². The minimum Gasteiger partial charge on any atom is -0.493 e. The van der Waals surface area contributed by atoms with Gasteiger partial charge in [-0.15, -0.1) is 0 Å². The summed E-state index contributed by atoms with van der Waals surface area (Å²) in [4.78, 5) is 43.6. The van der Waals surface area contributed by atoms with Crippen LogP contribution in [0.3, 0.4) is 0 Å². The molecule has 1 amide bonds. The molecule has 35 heavy (non-hydrogen) atoms. The Balaban J connectivity index is 1.30. The molecule has 2 aliphatic rings. The van der Waals surface area contributed by atoms with Gasteiger partial charge in [0.05, 0.1) is 7.11 Å². The number of benzene rings is 1. The third-order valence-corrected chi connectivity index (χ3v) is 6.70. The number of amides is 1. The lowest BCUT2D eigenvalue weighted by Crippen LogP contribution is -2.50. The van der Waals surface area contributed by atoms with Gasteiger partial charge >= 0.3 is 5.63 Å². The summed E-state index contributed by atoms with van der Waals surface area (Å²) in [5.41, 5.74) is -0.274. The Bertz CT molecular complexity index is 1290. The van der Waals surface area contributed by atoms with Crippen molar-refractivity contribution in [1.82, 2.24) is 19.8 Å². The molecule has 0 unspecified atom stereocenters. The van der Waals surface area contributed by atoms with E-state index in [1.807, 2.05) is 13.0 Å². The van der Waals surface area contributed by atoms with Crippen molar-refractivity contribution in [3.63, 3.8) is 0 Å². The number of carbonyl (C=O) groups excluding carboxylic acids is 1. The van der Waals surface area contributed by atoms with Crippen LogP contribution < -0.4 is 20.2 Å². The fraction of sp³-hybridized carbons (Fsp3) is 0.440. The van der Waals surface area contributed by atoms with Gasteiger partial charge in [0.2, 0.25) is 0 Å². The minimum absolute atomic E-state index is 0.0365. The standard InChI is InChI=1S/C25H30N6O4/c1-17-26-21(29-9-7-28(2)8-10-29)16-22(27-17)30-11-13-31(14-12-30)24(32)19-15-18-5-4-6-20(34-3)23(18)35-25(19)33/h4-6,15-16H,7-14H2,1-3H3. The van der Waals surface area contributed by atoms with Crippen LogP contribution in [0.5, 0.6) is 5.75 Å². The second-order valence-corrected chi connectivity index (χ2v) is 9.03. The first kappa shape index (κ1) is 23.1. The van der Waals surface area contributed by atoms with E-state index in [1.165, 1.54) is 7.11 Å². The fourth-order valence-electron chi connectivity index (χ4n) is 4.63. The molecule has 0 saturated carbocycles. The highest BCUT2D eigenvalue weighted by molar-refractivity contribution is 5.97. The number of anilines is 2. The van der Waals surface area contributed by atoms with Crippen molar-refractivity contribution in [2.75, 3.05) is 76.3 Å². The van der Waals surface area contributed by atoms with Gasteiger partial charge < -0.3 is 28.8 Å². The molecule has 5 rings (SSSR count). The molecular formula is C25H30N6O4. The molecular weight excluding hydrogens is 448 g/mol. The van der Waals surface area contributed by atoms with E-state index in [0.717, 1.165) is 43.6 Å². The van der Waals surface area contributed by atoms with Crippen molar-refractivity contribution in [3.05, 3.63) is 52.1 Å². The first-order valence-electron chi connectivity index (χ1n) is 11.9. The van der Waals surface area contributed by atoms with E-state index in [9.17, 15) is 9.59 Å². The van der Waals surface area contributed by atoms with Crippen LogP contribution in [0, 0.1) is 6.92 Å². The Labute approximate surface area is 203 Å². The highest BCUT2D eigenvalue weighted by Crippen LogP contribution is 2.25. The van der Waals surface area contributed by atoms with Gasteiger partial charge in [0.1, 0.15) is 23.0 Å². The van der Waals surface area contributed by atoms with Gasteiger partial charge in [-0.05, 0) is 26.1 Å². The SMILES string of the molecule is COc1cccc2cc(C(=O)N3CCN(c4cc(N5CCN(C)CC5)nc(C)n4)CC3)c(=O)oc12. The molecule has 3 aromatic rings. The average Bonchev–Trinajstić information content (AvgIpc) is 2.87. The molecule has 10 heteroatoms. The Kier molecular flexibility index (Phi) is 6.29. The second-order valence-electron chi connectivity index (χ2n) is 9.03. The molecule has 0 atom stereocenters. The zero-order valence-corrected chi connectivity index (χ0v) is 20.4. The molecule has 0 N–H and O–H groups in total. The molecule has 1 aromatic carbocycles. The highest BCUT2D eigenvalue weighted by atomic mass is 16.5.